The average Bonchev–Trinajstić information content (AvgIpc) is 2.26. The third-order valence-corrected chi connectivity index (χ3v) is 1.98. The molecule has 0 aliphatic heterocycles. The number of allylic oxidation sites excluding steroid dienone is 2. The van der Waals surface area contributed by atoms with E-state index in [9.17, 15) is 9.18 Å². The van der Waals surface area contributed by atoms with Crippen molar-refractivity contribution in [2.75, 3.05) is 0 Å². The van der Waals surface area contributed by atoms with Crippen molar-refractivity contribution in [2.45, 2.75) is 0 Å². The number of benzene rings is 1. The van der Waals surface area contributed by atoms with Gasteiger partial charge in [0.1, 0.15) is 5.82 Å². The van der Waals surface area contributed by atoms with Crippen LogP contribution in [0.25, 0.3) is 5.57 Å². The molecule has 1 N–H and O–H groups in total. The molecule has 0 aliphatic rings. The van der Waals surface area contributed by atoms with Crippen molar-refractivity contribution in [3.05, 3.63) is 66.5 Å². The van der Waals surface area contributed by atoms with Gasteiger partial charge in [-0.05, 0) is 29.3 Å². The quantitative estimate of drug-likeness (QED) is 0.623. The summed E-state index contributed by atoms with van der Waals surface area (Å²) in [7, 11) is 0. The van der Waals surface area contributed by atoms with Crippen LogP contribution < -0.4 is 0 Å². The monoisotopic (exact) mass is 218 g/mol. The van der Waals surface area contributed by atoms with Crippen LogP contribution in [-0.2, 0) is 4.79 Å². The third-order valence-electron chi connectivity index (χ3n) is 1.98. The molecule has 0 heterocycles. The molecule has 0 aliphatic carbocycles. The van der Waals surface area contributed by atoms with Crippen molar-refractivity contribution in [3.8, 4) is 0 Å². The molecule has 1 aromatic carbocycles. The molecule has 16 heavy (non-hydrogen) atoms. The van der Waals surface area contributed by atoms with E-state index in [-0.39, 0.29) is 11.4 Å². The fourth-order valence-electron chi connectivity index (χ4n) is 1.03. The van der Waals surface area contributed by atoms with E-state index >= 15 is 0 Å². The highest BCUT2D eigenvalue weighted by atomic mass is 19.1. The number of halogens is 1. The van der Waals surface area contributed by atoms with Crippen LogP contribution in [0.2, 0.25) is 0 Å². The molecular formula is C13H11FO2. The fraction of sp³-hybridized carbons (Fsp3) is 0. The lowest BCUT2D eigenvalue weighted by molar-refractivity contribution is -0.132. The normalized spacial score (nSPS) is 10.3. The van der Waals surface area contributed by atoms with E-state index in [0.717, 1.165) is 5.56 Å². The van der Waals surface area contributed by atoms with Crippen molar-refractivity contribution in [1.29, 1.82) is 0 Å². The summed E-state index contributed by atoms with van der Waals surface area (Å²) in [6.07, 6.45) is 2.89. The topological polar surface area (TPSA) is 37.3 Å². The zero-order valence-electron chi connectivity index (χ0n) is 8.61. The van der Waals surface area contributed by atoms with E-state index in [2.05, 4.69) is 13.2 Å². The van der Waals surface area contributed by atoms with Crippen LogP contribution in [0.5, 0.6) is 0 Å². The molecule has 0 saturated carbocycles. The van der Waals surface area contributed by atoms with Crippen molar-refractivity contribution < 1.29 is 14.3 Å². The molecule has 1 rings (SSSR count). The molecule has 2 nitrogen and oxygen atoms in total. The first kappa shape index (κ1) is 11.9. The van der Waals surface area contributed by atoms with Crippen LogP contribution >= 0.6 is 0 Å². The van der Waals surface area contributed by atoms with Crippen LogP contribution in [0.4, 0.5) is 4.39 Å². The SMILES string of the molecule is C=C(/C=C\C(=C)c1ccc(F)cc1)C(=O)O. The Hall–Kier alpha value is -2.16. The van der Waals surface area contributed by atoms with Gasteiger partial charge in [0.2, 0.25) is 0 Å². The molecule has 0 amide bonds. The summed E-state index contributed by atoms with van der Waals surface area (Å²) in [5, 5.41) is 8.57. The zero-order chi connectivity index (χ0) is 12.1. The highest BCUT2D eigenvalue weighted by Crippen LogP contribution is 2.14. The number of carbonyl (C=O) groups is 1. The molecule has 0 bridgehead atoms. The Balaban J connectivity index is 2.77. The summed E-state index contributed by atoms with van der Waals surface area (Å²) >= 11 is 0. The maximum Gasteiger partial charge on any atom is 0.335 e. The van der Waals surface area contributed by atoms with Crippen LogP contribution in [0.1, 0.15) is 5.56 Å². The van der Waals surface area contributed by atoms with E-state index < -0.39 is 5.97 Å². The van der Waals surface area contributed by atoms with Crippen LogP contribution in [0.15, 0.2) is 55.1 Å². The van der Waals surface area contributed by atoms with Crippen LogP contribution in [0, 0.1) is 5.82 Å². The van der Waals surface area contributed by atoms with Gasteiger partial charge in [-0.1, -0.05) is 31.4 Å². The second kappa shape index (κ2) is 5.07. The van der Waals surface area contributed by atoms with Gasteiger partial charge in [-0.25, -0.2) is 9.18 Å². The van der Waals surface area contributed by atoms with Gasteiger partial charge in [-0.2, -0.15) is 0 Å². The summed E-state index contributed by atoms with van der Waals surface area (Å²) in [5.41, 5.74) is 1.31. The average molecular weight is 218 g/mol. The van der Waals surface area contributed by atoms with Gasteiger partial charge in [0.25, 0.3) is 0 Å². The number of rotatable bonds is 4. The molecule has 82 valence electrons. The summed E-state index contributed by atoms with van der Waals surface area (Å²) in [6, 6.07) is 5.79. The van der Waals surface area contributed by atoms with Gasteiger partial charge in [0.05, 0.1) is 5.57 Å². The predicted molar refractivity (Wildman–Crippen MR) is 61.3 cm³/mol. The van der Waals surface area contributed by atoms with Crippen LogP contribution in [0.3, 0.4) is 0 Å². The number of carboxylic acid groups (broad SMARTS) is 1. The standard InChI is InChI=1S/C13H11FO2/c1-9(3-4-10(2)13(15)16)11-5-7-12(14)8-6-11/h3-8H,1-2H2,(H,15,16)/b4-3-. The van der Waals surface area contributed by atoms with Gasteiger partial charge in [-0.3, -0.25) is 0 Å². The zero-order valence-corrected chi connectivity index (χ0v) is 8.61. The van der Waals surface area contributed by atoms with Crippen molar-refractivity contribution >= 4 is 11.5 Å². The minimum Gasteiger partial charge on any atom is -0.478 e. The molecule has 0 atom stereocenters. The smallest absolute Gasteiger partial charge is 0.335 e. The number of aliphatic carboxylic acids is 1. The van der Waals surface area contributed by atoms with Gasteiger partial charge in [-0.15, -0.1) is 0 Å². The summed E-state index contributed by atoms with van der Waals surface area (Å²) in [5.74, 6) is -1.40. The maximum atomic E-state index is 12.6. The predicted octanol–water partition coefficient (Wildman–Crippen LogP) is 3.04. The lowest BCUT2D eigenvalue weighted by atomic mass is 10.1. The number of hydrogen-bond donors (Lipinski definition) is 1. The largest absolute Gasteiger partial charge is 0.478 e. The lowest BCUT2D eigenvalue weighted by Gasteiger charge is -1.99. The van der Waals surface area contributed by atoms with E-state index in [0.29, 0.717) is 5.57 Å². The molecule has 0 unspecified atom stereocenters. The molecule has 3 heteroatoms. The van der Waals surface area contributed by atoms with E-state index in [1.54, 1.807) is 12.1 Å². The van der Waals surface area contributed by atoms with Gasteiger partial charge in [0, 0.05) is 0 Å². The van der Waals surface area contributed by atoms with Gasteiger partial charge in [0.15, 0.2) is 0 Å². The van der Waals surface area contributed by atoms with E-state index in [4.69, 9.17) is 5.11 Å². The first-order valence-corrected chi connectivity index (χ1v) is 4.56. The lowest BCUT2D eigenvalue weighted by Crippen LogP contribution is -1.94. The Bertz CT molecular complexity index is 455. The summed E-state index contributed by atoms with van der Waals surface area (Å²) < 4.78 is 12.6. The number of hydrogen-bond acceptors (Lipinski definition) is 1. The summed E-state index contributed by atoms with van der Waals surface area (Å²) in [4.78, 5) is 10.5. The minimum absolute atomic E-state index is 0.0248. The highest BCUT2D eigenvalue weighted by Gasteiger charge is 1.99. The minimum atomic E-state index is -1.08. The first-order chi connectivity index (χ1) is 7.50. The molecule has 0 radical (unpaired) electrons. The van der Waals surface area contributed by atoms with Crippen molar-refractivity contribution in [1.82, 2.24) is 0 Å². The van der Waals surface area contributed by atoms with Gasteiger partial charge < -0.3 is 5.11 Å². The Morgan fingerprint density at radius 3 is 2.25 bits per heavy atom. The molecule has 0 saturated heterocycles. The van der Waals surface area contributed by atoms with E-state index in [1.807, 2.05) is 0 Å². The Kier molecular flexibility index (Phi) is 3.78. The van der Waals surface area contributed by atoms with Crippen molar-refractivity contribution in [2.24, 2.45) is 0 Å². The highest BCUT2D eigenvalue weighted by molar-refractivity contribution is 5.90. The molecular weight excluding hydrogens is 207 g/mol. The van der Waals surface area contributed by atoms with Gasteiger partial charge >= 0.3 is 5.97 Å². The molecule has 0 spiro atoms. The molecule has 0 fully saturated rings. The molecule has 0 aromatic heterocycles. The number of carboxylic acids is 1. The van der Waals surface area contributed by atoms with E-state index in [1.165, 1.54) is 24.3 Å². The fourth-order valence-corrected chi connectivity index (χ4v) is 1.03. The Morgan fingerprint density at radius 1 is 1.19 bits per heavy atom. The summed E-state index contributed by atoms with van der Waals surface area (Å²) in [6.45, 7) is 7.09. The molecule has 1 aromatic rings. The second-order valence-corrected chi connectivity index (χ2v) is 3.20. The Morgan fingerprint density at radius 2 is 1.75 bits per heavy atom. The Labute approximate surface area is 93.0 Å². The van der Waals surface area contributed by atoms with Crippen LogP contribution in [-0.4, -0.2) is 11.1 Å². The second-order valence-electron chi connectivity index (χ2n) is 3.20. The third kappa shape index (κ3) is 3.20. The first-order valence-electron chi connectivity index (χ1n) is 4.56. The van der Waals surface area contributed by atoms with Crippen molar-refractivity contribution in [3.63, 3.8) is 0 Å². The maximum absolute atomic E-state index is 12.6.